The van der Waals surface area contributed by atoms with Gasteiger partial charge in [0.1, 0.15) is 0 Å². The van der Waals surface area contributed by atoms with Crippen molar-refractivity contribution in [3.8, 4) is 0 Å². The van der Waals surface area contributed by atoms with Gasteiger partial charge in [-0.25, -0.2) is 0 Å². The zero-order valence-electron chi connectivity index (χ0n) is 21.2. The maximum absolute atomic E-state index is 12.1. The van der Waals surface area contributed by atoms with Gasteiger partial charge in [0.25, 0.3) is 0 Å². The summed E-state index contributed by atoms with van der Waals surface area (Å²) in [4.78, 5) is 12.1. The van der Waals surface area contributed by atoms with Crippen LogP contribution in [0, 0.1) is 0 Å². The van der Waals surface area contributed by atoms with Crippen molar-refractivity contribution in [3.05, 3.63) is 24.3 Å². The van der Waals surface area contributed by atoms with Crippen molar-refractivity contribution >= 4 is 5.91 Å². The molecule has 188 valence electrons. The normalized spacial score (nSPS) is 13.8. The molecule has 1 amide bonds. The molecule has 0 rings (SSSR count). The number of aliphatic hydroxyl groups is 2. The van der Waals surface area contributed by atoms with Crippen molar-refractivity contribution in [2.24, 2.45) is 0 Å². The van der Waals surface area contributed by atoms with Gasteiger partial charge in [-0.2, -0.15) is 0 Å². The lowest BCUT2D eigenvalue weighted by Crippen LogP contribution is -2.45. The van der Waals surface area contributed by atoms with Gasteiger partial charge in [0.15, 0.2) is 0 Å². The van der Waals surface area contributed by atoms with Crippen LogP contribution in [-0.4, -0.2) is 34.9 Å². The summed E-state index contributed by atoms with van der Waals surface area (Å²) in [6, 6.07) is -0.618. The molecule has 0 aliphatic carbocycles. The first-order valence-corrected chi connectivity index (χ1v) is 13.6. The minimum atomic E-state index is -0.834. The van der Waals surface area contributed by atoms with E-state index in [4.69, 9.17) is 0 Å². The van der Waals surface area contributed by atoms with Crippen molar-refractivity contribution < 1.29 is 15.0 Å². The highest BCUT2D eigenvalue weighted by molar-refractivity contribution is 5.76. The topological polar surface area (TPSA) is 69.6 Å². The molecule has 0 bridgehead atoms. The van der Waals surface area contributed by atoms with Crippen molar-refractivity contribution in [1.82, 2.24) is 5.32 Å². The summed E-state index contributed by atoms with van der Waals surface area (Å²) in [7, 11) is 0. The summed E-state index contributed by atoms with van der Waals surface area (Å²) in [5.74, 6) is -0.0811. The predicted octanol–water partition coefficient (Wildman–Crippen LogP) is 7.00. The van der Waals surface area contributed by atoms with E-state index >= 15 is 0 Å². The molecule has 2 atom stereocenters. The van der Waals surface area contributed by atoms with Crippen molar-refractivity contribution in [1.29, 1.82) is 0 Å². The largest absolute Gasteiger partial charge is 0.394 e. The number of unbranched alkanes of at least 4 members (excludes halogenated alkanes) is 14. The standard InChI is InChI=1S/C28H53NO3/c1-3-5-7-9-11-13-14-16-18-20-22-24-28(32)29-26(25-30)27(31)23-21-19-17-15-12-10-8-6-4-2/h9,11,21,23,26-27,30-31H,3-8,10,12-20,22,24-25H2,1-2H3,(H,29,32)/b11-9-,23-21+. The second-order valence-electron chi connectivity index (χ2n) is 9.11. The van der Waals surface area contributed by atoms with Gasteiger partial charge in [-0.3, -0.25) is 4.79 Å². The van der Waals surface area contributed by atoms with Gasteiger partial charge in [-0.15, -0.1) is 0 Å². The fraction of sp³-hybridized carbons (Fsp3) is 0.821. The lowest BCUT2D eigenvalue weighted by Gasteiger charge is -2.20. The average Bonchev–Trinajstić information content (AvgIpc) is 2.79. The van der Waals surface area contributed by atoms with E-state index in [0.29, 0.717) is 6.42 Å². The number of aliphatic hydroxyl groups excluding tert-OH is 2. The van der Waals surface area contributed by atoms with Gasteiger partial charge in [0.05, 0.1) is 18.8 Å². The number of carbonyl (C=O) groups excluding carboxylic acids is 1. The van der Waals surface area contributed by atoms with Crippen LogP contribution in [0.3, 0.4) is 0 Å². The Bertz CT molecular complexity index is 462. The monoisotopic (exact) mass is 451 g/mol. The number of hydrogen-bond acceptors (Lipinski definition) is 3. The molecular weight excluding hydrogens is 398 g/mol. The van der Waals surface area contributed by atoms with Gasteiger partial charge in [0, 0.05) is 6.42 Å². The summed E-state index contributed by atoms with van der Waals surface area (Å²) in [6.45, 7) is 4.20. The molecule has 0 aromatic carbocycles. The Hall–Kier alpha value is -1.13. The fourth-order valence-corrected chi connectivity index (χ4v) is 3.74. The van der Waals surface area contributed by atoms with Crippen LogP contribution in [0.4, 0.5) is 0 Å². The molecule has 0 aliphatic rings. The number of allylic oxidation sites excluding steroid dienone is 3. The third-order valence-corrected chi connectivity index (χ3v) is 5.93. The Kier molecular flexibility index (Phi) is 23.6. The zero-order valence-corrected chi connectivity index (χ0v) is 21.2. The predicted molar refractivity (Wildman–Crippen MR) is 138 cm³/mol. The first-order valence-electron chi connectivity index (χ1n) is 13.6. The maximum atomic E-state index is 12.1. The molecule has 0 fully saturated rings. The molecule has 2 unspecified atom stereocenters. The number of amides is 1. The van der Waals surface area contributed by atoms with E-state index < -0.39 is 12.1 Å². The summed E-state index contributed by atoms with van der Waals surface area (Å²) in [5.41, 5.74) is 0. The molecule has 0 radical (unpaired) electrons. The second-order valence-corrected chi connectivity index (χ2v) is 9.11. The zero-order chi connectivity index (χ0) is 23.7. The first-order chi connectivity index (χ1) is 15.7. The van der Waals surface area contributed by atoms with E-state index in [1.807, 2.05) is 6.08 Å². The van der Waals surface area contributed by atoms with Gasteiger partial charge in [0.2, 0.25) is 5.91 Å². The smallest absolute Gasteiger partial charge is 0.220 e. The van der Waals surface area contributed by atoms with Crippen molar-refractivity contribution in [2.75, 3.05) is 6.61 Å². The Morgan fingerprint density at radius 3 is 1.81 bits per heavy atom. The SMILES string of the molecule is CCCC/C=C\CCCCCCCC(=O)NC(CO)C(O)/C=C/CCCCCCCCC. The summed E-state index contributed by atoms with van der Waals surface area (Å²) in [5, 5.41) is 22.6. The molecule has 4 heteroatoms. The summed E-state index contributed by atoms with van der Waals surface area (Å²) >= 11 is 0. The Balaban J connectivity index is 3.75. The number of carbonyl (C=O) groups is 1. The van der Waals surface area contributed by atoms with E-state index in [-0.39, 0.29) is 12.5 Å². The highest BCUT2D eigenvalue weighted by atomic mass is 16.3. The highest BCUT2D eigenvalue weighted by Gasteiger charge is 2.17. The number of rotatable bonds is 23. The first kappa shape index (κ1) is 30.9. The molecule has 0 aliphatic heterocycles. The molecule has 0 spiro atoms. The summed E-state index contributed by atoms with van der Waals surface area (Å²) < 4.78 is 0. The van der Waals surface area contributed by atoms with E-state index in [9.17, 15) is 15.0 Å². The minimum Gasteiger partial charge on any atom is -0.394 e. The lowest BCUT2D eigenvalue weighted by atomic mass is 10.1. The maximum Gasteiger partial charge on any atom is 0.220 e. The second kappa shape index (κ2) is 24.5. The molecule has 0 aromatic heterocycles. The van der Waals surface area contributed by atoms with Crippen LogP contribution in [0.1, 0.15) is 129 Å². The molecule has 4 nitrogen and oxygen atoms in total. The van der Waals surface area contributed by atoms with E-state index in [1.165, 1.54) is 70.6 Å². The van der Waals surface area contributed by atoms with Gasteiger partial charge in [-0.05, 0) is 38.5 Å². The third kappa shape index (κ3) is 20.8. The fourth-order valence-electron chi connectivity index (χ4n) is 3.74. The molecule has 0 heterocycles. The minimum absolute atomic E-state index is 0.0811. The molecule has 3 N–H and O–H groups in total. The number of nitrogens with one attached hydrogen (secondary N) is 1. The van der Waals surface area contributed by atoms with Gasteiger partial charge >= 0.3 is 0 Å². The van der Waals surface area contributed by atoms with Crippen LogP contribution >= 0.6 is 0 Å². The third-order valence-electron chi connectivity index (χ3n) is 5.93. The van der Waals surface area contributed by atoms with Crippen LogP contribution in [-0.2, 0) is 4.79 Å². The Labute approximate surface area is 199 Å². The van der Waals surface area contributed by atoms with Crippen LogP contribution < -0.4 is 5.32 Å². The van der Waals surface area contributed by atoms with Crippen molar-refractivity contribution in [3.63, 3.8) is 0 Å². The molecule has 32 heavy (non-hydrogen) atoms. The van der Waals surface area contributed by atoms with Crippen LogP contribution in [0.2, 0.25) is 0 Å². The highest BCUT2D eigenvalue weighted by Crippen LogP contribution is 2.10. The molecule has 0 saturated heterocycles. The molecule has 0 aromatic rings. The molecular formula is C28H53NO3. The average molecular weight is 452 g/mol. The van der Waals surface area contributed by atoms with Crippen LogP contribution in [0.5, 0.6) is 0 Å². The van der Waals surface area contributed by atoms with Gasteiger partial charge in [-0.1, -0.05) is 109 Å². The Morgan fingerprint density at radius 2 is 1.22 bits per heavy atom. The lowest BCUT2D eigenvalue weighted by molar-refractivity contribution is -0.123. The van der Waals surface area contributed by atoms with Gasteiger partial charge < -0.3 is 15.5 Å². The molecule has 0 saturated carbocycles. The number of hydrogen-bond donors (Lipinski definition) is 3. The van der Waals surface area contributed by atoms with E-state index in [2.05, 4.69) is 31.3 Å². The van der Waals surface area contributed by atoms with Crippen LogP contribution in [0.25, 0.3) is 0 Å². The van der Waals surface area contributed by atoms with Crippen LogP contribution in [0.15, 0.2) is 24.3 Å². The summed E-state index contributed by atoms with van der Waals surface area (Å²) in [6.07, 6.45) is 28.1. The Morgan fingerprint density at radius 1 is 0.719 bits per heavy atom. The quantitative estimate of drug-likeness (QED) is 0.116. The van der Waals surface area contributed by atoms with E-state index in [0.717, 1.165) is 38.5 Å². The van der Waals surface area contributed by atoms with E-state index in [1.54, 1.807) is 6.08 Å². The van der Waals surface area contributed by atoms with Crippen molar-refractivity contribution in [2.45, 2.75) is 142 Å².